The molecule has 0 aliphatic carbocycles. The second kappa shape index (κ2) is 7.58. The number of nitrogens with zero attached hydrogens (tertiary/aromatic N) is 3. The molecule has 0 radical (unpaired) electrons. The molecule has 140 valence electrons. The molecule has 3 aromatic rings. The van der Waals surface area contributed by atoms with E-state index >= 15 is 0 Å². The van der Waals surface area contributed by atoms with E-state index in [1.54, 1.807) is 24.3 Å². The number of aromatic nitrogens is 4. The maximum absolute atomic E-state index is 12.4. The third kappa shape index (κ3) is 3.82. The van der Waals surface area contributed by atoms with Crippen molar-refractivity contribution in [2.75, 3.05) is 19.5 Å². The molecule has 10 nitrogen and oxygen atoms in total. The second-order valence-electron chi connectivity index (χ2n) is 5.37. The van der Waals surface area contributed by atoms with Gasteiger partial charge in [-0.05, 0) is 33.6 Å². The van der Waals surface area contributed by atoms with E-state index in [1.807, 2.05) is 0 Å². The number of nitrogens with one attached hydrogen (secondary N) is 2. The minimum Gasteiger partial charge on any atom is -0.465 e. The maximum atomic E-state index is 12.4. The number of rotatable bonds is 4. The number of hydrogen-bond donors (Lipinski definition) is 2. The van der Waals surface area contributed by atoms with Gasteiger partial charge in [-0.3, -0.25) is 19.8 Å². The van der Waals surface area contributed by atoms with E-state index in [4.69, 9.17) is 0 Å². The van der Waals surface area contributed by atoms with Crippen LogP contribution in [-0.4, -0.2) is 46.0 Å². The number of benzene rings is 1. The van der Waals surface area contributed by atoms with Crippen molar-refractivity contribution in [1.29, 1.82) is 0 Å². The monoisotopic (exact) mass is 435 g/mol. The van der Waals surface area contributed by atoms with Crippen molar-refractivity contribution in [3.63, 3.8) is 0 Å². The summed E-state index contributed by atoms with van der Waals surface area (Å²) in [6, 6.07) is 6.73. The highest BCUT2D eigenvalue weighted by molar-refractivity contribution is 9.10. The topological polar surface area (TPSA) is 128 Å². The van der Waals surface area contributed by atoms with Crippen LogP contribution in [0.25, 0.3) is 11.0 Å². The van der Waals surface area contributed by atoms with E-state index < -0.39 is 17.6 Å². The Labute approximate surface area is 160 Å². The zero-order chi connectivity index (χ0) is 19.6. The predicted molar refractivity (Wildman–Crippen MR) is 98.8 cm³/mol. The molecule has 27 heavy (non-hydrogen) atoms. The lowest BCUT2D eigenvalue weighted by molar-refractivity contribution is 0.0600. The normalized spacial score (nSPS) is 10.6. The Morgan fingerprint density at radius 2 is 1.93 bits per heavy atom. The van der Waals surface area contributed by atoms with E-state index in [9.17, 15) is 14.4 Å². The highest BCUT2D eigenvalue weighted by Gasteiger charge is 2.17. The fourth-order valence-electron chi connectivity index (χ4n) is 2.41. The molecule has 0 fully saturated rings. The average molecular weight is 436 g/mol. The zero-order valence-electron chi connectivity index (χ0n) is 14.3. The van der Waals surface area contributed by atoms with Crippen LogP contribution in [-0.2, 0) is 16.0 Å². The van der Waals surface area contributed by atoms with Gasteiger partial charge in [-0.25, -0.2) is 14.6 Å². The molecule has 1 aromatic carbocycles. The number of esters is 1. The third-order valence-corrected chi connectivity index (χ3v) is 4.20. The van der Waals surface area contributed by atoms with Gasteiger partial charge in [0.1, 0.15) is 5.52 Å². The van der Waals surface area contributed by atoms with Crippen LogP contribution in [0.15, 0.2) is 33.7 Å². The molecule has 2 N–H and O–H groups in total. The molecule has 0 saturated carbocycles. The Kier molecular flexibility index (Phi) is 5.21. The summed E-state index contributed by atoms with van der Waals surface area (Å²) >= 11 is 3.27. The minimum atomic E-state index is -0.758. The van der Waals surface area contributed by atoms with Crippen LogP contribution in [0, 0.1) is 0 Å². The molecule has 0 spiro atoms. The van der Waals surface area contributed by atoms with Crippen LogP contribution >= 0.6 is 15.9 Å². The van der Waals surface area contributed by atoms with Gasteiger partial charge in [-0.2, -0.15) is 5.10 Å². The molecule has 0 aliphatic heterocycles. The van der Waals surface area contributed by atoms with Crippen LogP contribution in [0.2, 0.25) is 0 Å². The van der Waals surface area contributed by atoms with Gasteiger partial charge in [0.25, 0.3) is 5.56 Å². The van der Waals surface area contributed by atoms with Crippen molar-refractivity contribution < 1.29 is 19.1 Å². The first-order chi connectivity index (χ1) is 12.9. The Morgan fingerprint density at radius 1 is 1.22 bits per heavy atom. The van der Waals surface area contributed by atoms with Crippen molar-refractivity contribution in [1.82, 2.24) is 19.7 Å². The summed E-state index contributed by atoms with van der Waals surface area (Å²) in [5.41, 5.74) is 1.28. The molecule has 0 saturated heterocycles. The molecule has 0 atom stereocenters. The Morgan fingerprint density at radius 3 is 2.56 bits per heavy atom. The maximum Gasteiger partial charge on any atom is 0.413 e. The van der Waals surface area contributed by atoms with Gasteiger partial charge in [0, 0.05) is 0 Å². The number of carbonyl (C=O) groups excluding carboxylic acids is 2. The summed E-state index contributed by atoms with van der Waals surface area (Å²) in [5.74, 6) is -0.484. The van der Waals surface area contributed by atoms with Crippen LogP contribution in [0.1, 0.15) is 15.9 Å². The van der Waals surface area contributed by atoms with Crippen LogP contribution in [0.5, 0.6) is 0 Å². The van der Waals surface area contributed by atoms with Crippen molar-refractivity contribution >= 4 is 45.0 Å². The molecular formula is C16H14BrN5O5. The van der Waals surface area contributed by atoms with Gasteiger partial charge in [-0.15, -0.1) is 0 Å². The molecule has 3 rings (SSSR count). The lowest BCUT2D eigenvalue weighted by Crippen LogP contribution is -2.19. The second-order valence-corrected chi connectivity index (χ2v) is 6.12. The summed E-state index contributed by atoms with van der Waals surface area (Å²) in [4.78, 5) is 41.9. The summed E-state index contributed by atoms with van der Waals surface area (Å²) in [5, 5.41) is 6.58. The SMILES string of the molecule is COC(=O)Nc1nc2c(Br)nn(Cc3ccc(C(=O)OC)cc3)c2c(=O)[nH]1. The highest BCUT2D eigenvalue weighted by Crippen LogP contribution is 2.20. The van der Waals surface area contributed by atoms with Gasteiger partial charge in [0.15, 0.2) is 10.1 Å². The molecule has 0 unspecified atom stereocenters. The minimum absolute atomic E-state index is 0.0537. The number of H-pyrrole nitrogens is 1. The molecular weight excluding hydrogens is 422 g/mol. The molecule has 0 bridgehead atoms. The van der Waals surface area contributed by atoms with Crippen LogP contribution in [0.3, 0.4) is 0 Å². The first kappa shape index (κ1) is 18.6. The van der Waals surface area contributed by atoms with Crippen LogP contribution < -0.4 is 10.9 Å². The highest BCUT2D eigenvalue weighted by atomic mass is 79.9. The van der Waals surface area contributed by atoms with Gasteiger partial charge in [0.05, 0.1) is 26.3 Å². The first-order valence-electron chi connectivity index (χ1n) is 7.61. The smallest absolute Gasteiger partial charge is 0.413 e. The van der Waals surface area contributed by atoms with Gasteiger partial charge in [-0.1, -0.05) is 12.1 Å². The number of anilines is 1. The van der Waals surface area contributed by atoms with E-state index in [0.29, 0.717) is 10.2 Å². The zero-order valence-corrected chi connectivity index (χ0v) is 15.9. The van der Waals surface area contributed by atoms with E-state index in [0.717, 1.165) is 5.56 Å². The average Bonchev–Trinajstić information content (AvgIpc) is 2.97. The number of aromatic amines is 1. The molecule has 0 aliphatic rings. The van der Waals surface area contributed by atoms with E-state index in [-0.39, 0.29) is 23.5 Å². The lowest BCUT2D eigenvalue weighted by atomic mass is 10.1. The summed E-state index contributed by atoms with van der Waals surface area (Å²) in [7, 11) is 2.51. The van der Waals surface area contributed by atoms with E-state index in [2.05, 4.69) is 45.8 Å². The molecule has 11 heteroatoms. The van der Waals surface area contributed by atoms with E-state index in [1.165, 1.54) is 18.9 Å². The van der Waals surface area contributed by atoms with Gasteiger partial charge < -0.3 is 9.47 Å². The first-order valence-corrected chi connectivity index (χ1v) is 8.40. The summed E-state index contributed by atoms with van der Waals surface area (Å²) in [6.07, 6.45) is -0.758. The number of methoxy groups -OCH3 is 2. The Bertz CT molecular complexity index is 1070. The lowest BCUT2D eigenvalue weighted by Gasteiger charge is -2.05. The fraction of sp³-hybridized carbons (Fsp3) is 0.188. The van der Waals surface area contributed by atoms with Gasteiger partial charge in [0.2, 0.25) is 5.95 Å². The Hall–Kier alpha value is -3.21. The molecule has 1 amide bonds. The number of ether oxygens (including phenoxy) is 2. The number of hydrogen-bond acceptors (Lipinski definition) is 7. The van der Waals surface area contributed by atoms with Crippen molar-refractivity contribution in [3.05, 3.63) is 50.3 Å². The molecule has 2 heterocycles. The van der Waals surface area contributed by atoms with Crippen molar-refractivity contribution in [2.24, 2.45) is 0 Å². The largest absolute Gasteiger partial charge is 0.465 e. The fourth-order valence-corrected chi connectivity index (χ4v) is 2.88. The number of halogens is 1. The van der Waals surface area contributed by atoms with Gasteiger partial charge >= 0.3 is 12.1 Å². The summed E-state index contributed by atoms with van der Waals surface area (Å²) < 4.78 is 11.0. The quantitative estimate of drug-likeness (QED) is 0.598. The number of amides is 1. The predicted octanol–water partition coefficient (Wildman–Crippen LogP) is 1.90. The van der Waals surface area contributed by atoms with Crippen LogP contribution in [0.4, 0.5) is 10.7 Å². The Balaban J connectivity index is 1.95. The standard InChI is InChI=1S/C16H14BrN5O5/c1-26-14(24)9-5-3-8(4-6-9)7-22-11-10(12(17)21-22)18-15(19-13(11)23)20-16(25)27-2/h3-6H,7H2,1-2H3,(H2,18,19,20,23,25). The number of fused-ring (bicyclic) bond motifs is 1. The van der Waals surface area contributed by atoms with Crippen molar-refractivity contribution in [2.45, 2.75) is 6.54 Å². The molecule has 2 aromatic heterocycles. The number of carbonyl (C=O) groups is 2. The summed E-state index contributed by atoms with van der Waals surface area (Å²) in [6.45, 7) is 0.276. The van der Waals surface area contributed by atoms with Crippen molar-refractivity contribution in [3.8, 4) is 0 Å². The third-order valence-electron chi connectivity index (χ3n) is 3.67.